The van der Waals surface area contributed by atoms with Crippen LogP contribution < -0.4 is 0 Å². The minimum atomic E-state index is -4.78. The Morgan fingerprint density at radius 3 is 2.40 bits per heavy atom. The van der Waals surface area contributed by atoms with Crippen LogP contribution >= 0.6 is 7.82 Å². The van der Waals surface area contributed by atoms with Gasteiger partial charge in [-0.1, -0.05) is 0 Å². The van der Waals surface area contributed by atoms with E-state index in [1.54, 1.807) is 0 Å². The molecule has 15 heavy (non-hydrogen) atoms. The highest BCUT2D eigenvalue weighted by Crippen LogP contribution is 2.40. The quantitative estimate of drug-likeness (QED) is 0.357. The van der Waals surface area contributed by atoms with E-state index in [9.17, 15) is 14.8 Å². The molecule has 5 N–H and O–H groups in total. The molecule has 0 spiro atoms. The molecule has 1 rings (SSSR count). The lowest BCUT2D eigenvalue weighted by atomic mass is 10.0. The largest absolute Gasteiger partial charge is 0.472 e. The Morgan fingerprint density at radius 2 is 1.93 bits per heavy atom. The molecule has 0 saturated carbocycles. The summed E-state index contributed by atoms with van der Waals surface area (Å²) >= 11 is 0. The number of aliphatic hydroxyl groups is 3. The van der Waals surface area contributed by atoms with E-state index in [2.05, 4.69) is 4.52 Å². The van der Waals surface area contributed by atoms with Gasteiger partial charge in [-0.2, -0.15) is 0 Å². The molecule has 1 saturated heterocycles. The zero-order valence-corrected chi connectivity index (χ0v) is 8.53. The topological polar surface area (TPSA) is 137 Å². The first-order valence-electron chi connectivity index (χ1n) is 4.20. The molecule has 0 amide bonds. The Morgan fingerprint density at radius 1 is 1.33 bits per heavy atom. The van der Waals surface area contributed by atoms with Gasteiger partial charge in [-0.3, -0.25) is 4.52 Å². The molecule has 0 aromatic heterocycles. The van der Waals surface area contributed by atoms with Crippen LogP contribution in [-0.2, 0) is 13.8 Å². The zero-order valence-electron chi connectivity index (χ0n) is 7.63. The van der Waals surface area contributed by atoms with E-state index in [0.717, 1.165) is 0 Å². The third kappa shape index (κ3) is 3.78. The summed E-state index contributed by atoms with van der Waals surface area (Å²) in [7, 11) is -4.78. The van der Waals surface area contributed by atoms with Gasteiger partial charge >= 0.3 is 7.82 Å². The zero-order chi connectivity index (χ0) is 11.6. The average molecular weight is 244 g/mol. The Hall–Kier alpha value is -0.0500. The maximum atomic E-state index is 10.5. The number of aliphatic hydroxyl groups excluding tert-OH is 3. The number of phosphoric acid groups is 1. The van der Waals surface area contributed by atoms with Crippen LogP contribution in [0.15, 0.2) is 0 Å². The normalized spacial score (nSPS) is 37.9. The third-order valence-corrected chi connectivity index (χ3v) is 2.44. The summed E-state index contributed by atoms with van der Waals surface area (Å²) in [5.74, 6) is 0. The minimum Gasteiger partial charge on any atom is -0.394 e. The van der Waals surface area contributed by atoms with Crippen molar-refractivity contribution in [3.63, 3.8) is 0 Å². The van der Waals surface area contributed by atoms with Gasteiger partial charge in [-0.05, 0) is 0 Å². The van der Waals surface area contributed by atoms with Crippen molar-refractivity contribution < 1.29 is 38.9 Å². The standard InChI is InChI=1S/C6H13O8P/c7-2-5-3(8)1-4(9)6(13-5)14-15(10,11)12/h3-9H,1-2H2,(H2,10,11,12)/t3-,4+,5+,6?/m0/s1. The average Bonchev–Trinajstić information content (AvgIpc) is 2.07. The lowest BCUT2D eigenvalue weighted by Crippen LogP contribution is -2.49. The van der Waals surface area contributed by atoms with Gasteiger partial charge in [0.2, 0.25) is 0 Å². The molecule has 0 aromatic rings. The highest BCUT2D eigenvalue weighted by Gasteiger charge is 2.39. The van der Waals surface area contributed by atoms with E-state index < -0.39 is 39.0 Å². The molecule has 8 nitrogen and oxygen atoms in total. The predicted molar refractivity (Wildman–Crippen MR) is 45.5 cm³/mol. The van der Waals surface area contributed by atoms with E-state index >= 15 is 0 Å². The Balaban J connectivity index is 2.61. The predicted octanol–water partition coefficient (Wildman–Crippen LogP) is -2.08. The van der Waals surface area contributed by atoms with E-state index in [0.29, 0.717) is 0 Å². The number of ether oxygens (including phenoxy) is 1. The molecular formula is C6H13O8P. The summed E-state index contributed by atoms with van der Waals surface area (Å²) in [6, 6.07) is 0. The molecule has 9 heteroatoms. The second-order valence-electron chi connectivity index (χ2n) is 3.19. The first-order chi connectivity index (χ1) is 6.83. The molecule has 0 aromatic carbocycles. The van der Waals surface area contributed by atoms with Crippen molar-refractivity contribution in [2.45, 2.75) is 31.0 Å². The smallest absolute Gasteiger partial charge is 0.394 e. The van der Waals surface area contributed by atoms with Crippen LogP contribution in [0, 0.1) is 0 Å². The minimum absolute atomic E-state index is 0.185. The number of rotatable bonds is 3. The maximum Gasteiger partial charge on any atom is 0.472 e. The monoisotopic (exact) mass is 244 g/mol. The van der Waals surface area contributed by atoms with Crippen LogP contribution in [0.5, 0.6) is 0 Å². The fraction of sp³-hybridized carbons (Fsp3) is 1.00. The SMILES string of the molecule is O=P(O)(O)OC1O[C@H](CO)[C@@H](O)C[C@H]1O. The van der Waals surface area contributed by atoms with Crippen molar-refractivity contribution in [2.24, 2.45) is 0 Å². The molecule has 90 valence electrons. The third-order valence-electron chi connectivity index (χ3n) is 1.96. The molecule has 1 aliphatic rings. The number of hydrogen-bond acceptors (Lipinski definition) is 6. The Labute approximate surface area is 85.3 Å². The van der Waals surface area contributed by atoms with Gasteiger partial charge in [0.15, 0.2) is 6.29 Å². The summed E-state index contributed by atoms with van der Waals surface area (Å²) in [5.41, 5.74) is 0. The van der Waals surface area contributed by atoms with Crippen LogP contribution in [-0.4, -0.2) is 56.3 Å². The molecule has 1 unspecified atom stereocenters. The number of hydrogen-bond donors (Lipinski definition) is 5. The molecular weight excluding hydrogens is 231 g/mol. The van der Waals surface area contributed by atoms with Crippen molar-refractivity contribution in [1.29, 1.82) is 0 Å². The van der Waals surface area contributed by atoms with Gasteiger partial charge in [0.05, 0.1) is 12.7 Å². The van der Waals surface area contributed by atoms with Crippen molar-refractivity contribution in [3.05, 3.63) is 0 Å². The Kier molecular flexibility index (Phi) is 4.21. The summed E-state index contributed by atoms with van der Waals surface area (Å²) in [4.78, 5) is 17.0. The fourth-order valence-corrected chi connectivity index (χ4v) is 1.72. The van der Waals surface area contributed by atoms with Gasteiger partial charge in [0.1, 0.15) is 12.2 Å². The van der Waals surface area contributed by atoms with Crippen molar-refractivity contribution in [1.82, 2.24) is 0 Å². The molecule has 1 heterocycles. The molecule has 0 aliphatic carbocycles. The van der Waals surface area contributed by atoms with Crippen molar-refractivity contribution in [2.75, 3.05) is 6.61 Å². The summed E-state index contributed by atoms with van der Waals surface area (Å²) in [6.07, 6.45) is -5.20. The van der Waals surface area contributed by atoms with Crippen LogP contribution in [0.3, 0.4) is 0 Å². The lowest BCUT2D eigenvalue weighted by molar-refractivity contribution is -0.244. The molecule has 1 fully saturated rings. The second kappa shape index (κ2) is 4.86. The van der Waals surface area contributed by atoms with Gasteiger partial charge in [0, 0.05) is 6.42 Å². The van der Waals surface area contributed by atoms with Gasteiger partial charge in [-0.25, -0.2) is 4.57 Å². The highest BCUT2D eigenvalue weighted by molar-refractivity contribution is 7.46. The van der Waals surface area contributed by atoms with E-state index in [1.807, 2.05) is 0 Å². The van der Waals surface area contributed by atoms with Crippen LogP contribution in [0.2, 0.25) is 0 Å². The first-order valence-corrected chi connectivity index (χ1v) is 5.73. The van der Waals surface area contributed by atoms with Crippen LogP contribution in [0.1, 0.15) is 6.42 Å². The summed E-state index contributed by atoms with van der Waals surface area (Å²) < 4.78 is 19.4. The summed E-state index contributed by atoms with van der Waals surface area (Å²) in [5, 5.41) is 27.3. The van der Waals surface area contributed by atoms with Crippen molar-refractivity contribution in [3.8, 4) is 0 Å². The maximum absolute atomic E-state index is 10.5. The van der Waals surface area contributed by atoms with Crippen LogP contribution in [0.4, 0.5) is 0 Å². The molecule has 0 radical (unpaired) electrons. The molecule has 1 aliphatic heterocycles. The van der Waals surface area contributed by atoms with E-state index in [-0.39, 0.29) is 6.42 Å². The fourth-order valence-electron chi connectivity index (χ4n) is 1.26. The highest BCUT2D eigenvalue weighted by atomic mass is 31.2. The second-order valence-corrected chi connectivity index (χ2v) is 4.38. The van der Waals surface area contributed by atoms with Crippen LogP contribution in [0.25, 0.3) is 0 Å². The van der Waals surface area contributed by atoms with Crippen molar-refractivity contribution >= 4 is 7.82 Å². The van der Waals surface area contributed by atoms with E-state index in [4.69, 9.17) is 19.6 Å². The lowest BCUT2D eigenvalue weighted by Gasteiger charge is -2.35. The first kappa shape index (κ1) is 13.0. The van der Waals surface area contributed by atoms with E-state index in [1.165, 1.54) is 0 Å². The molecule has 4 atom stereocenters. The number of phosphoric ester groups is 1. The van der Waals surface area contributed by atoms with Gasteiger partial charge in [0.25, 0.3) is 0 Å². The summed E-state index contributed by atoms with van der Waals surface area (Å²) in [6.45, 7) is -0.533. The molecule has 0 bridgehead atoms. The van der Waals surface area contributed by atoms with Gasteiger partial charge < -0.3 is 29.8 Å². The van der Waals surface area contributed by atoms with Gasteiger partial charge in [-0.15, -0.1) is 0 Å². The Bertz CT molecular complexity index is 252.